The first kappa shape index (κ1) is 19.8. The van der Waals surface area contributed by atoms with Gasteiger partial charge in [-0.3, -0.25) is 4.79 Å². The van der Waals surface area contributed by atoms with Crippen molar-refractivity contribution < 1.29 is 32.2 Å². The molecule has 0 radical (unpaired) electrons. The van der Waals surface area contributed by atoms with Gasteiger partial charge in [-0.2, -0.15) is 0 Å². The second-order valence-electron chi connectivity index (χ2n) is 8.84. The molecule has 2 heterocycles. The summed E-state index contributed by atoms with van der Waals surface area (Å²) in [6.07, 6.45) is 3.90. The smallest absolute Gasteiger partial charge is 0.334 e. The Labute approximate surface area is 165 Å². The fraction of sp³-hybridized carbons (Fsp3) is 0.789. The highest BCUT2D eigenvalue weighted by molar-refractivity contribution is 7.88. The molecule has 2 bridgehead atoms. The molecule has 9 heteroatoms. The van der Waals surface area contributed by atoms with Crippen LogP contribution in [0.4, 0.5) is 0 Å². The maximum atomic E-state index is 12.4. The van der Waals surface area contributed by atoms with E-state index in [2.05, 4.69) is 6.58 Å². The third-order valence-corrected chi connectivity index (χ3v) is 7.74. The molecule has 28 heavy (non-hydrogen) atoms. The van der Waals surface area contributed by atoms with Crippen LogP contribution in [0.2, 0.25) is 0 Å². The van der Waals surface area contributed by atoms with Crippen LogP contribution < -0.4 is 0 Å². The fourth-order valence-electron chi connectivity index (χ4n) is 4.89. The number of rotatable bonds is 6. The van der Waals surface area contributed by atoms with Gasteiger partial charge in [-0.05, 0) is 25.7 Å². The molecule has 1 spiro atoms. The fourth-order valence-corrected chi connectivity index (χ4v) is 5.81. The summed E-state index contributed by atoms with van der Waals surface area (Å²) < 4.78 is 41.3. The summed E-state index contributed by atoms with van der Waals surface area (Å²) in [4.78, 5) is 24.5. The zero-order valence-electron chi connectivity index (χ0n) is 16.1. The first-order chi connectivity index (χ1) is 13.2. The molecule has 156 valence electrons. The molecule has 2 aliphatic carbocycles. The van der Waals surface area contributed by atoms with Crippen molar-refractivity contribution in [1.29, 1.82) is 0 Å². The lowest BCUT2D eigenvalue weighted by Crippen LogP contribution is -2.55. The predicted molar refractivity (Wildman–Crippen MR) is 98.6 cm³/mol. The molecule has 4 aliphatic rings. The van der Waals surface area contributed by atoms with E-state index in [1.165, 1.54) is 10.6 Å². The molecule has 2 saturated heterocycles. The zero-order valence-corrected chi connectivity index (χ0v) is 16.9. The number of sulfonamides is 1. The summed E-state index contributed by atoms with van der Waals surface area (Å²) in [6.45, 7) is 5.90. The molecule has 4 fully saturated rings. The van der Waals surface area contributed by atoms with E-state index in [4.69, 9.17) is 14.2 Å². The van der Waals surface area contributed by atoms with Crippen LogP contribution in [0.3, 0.4) is 0 Å². The Balaban J connectivity index is 1.23. The zero-order chi connectivity index (χ0) is 20.1. The topological polar surface area (TPSA) is 99.2 Å². The number of piperidine rings is 1. The van der Waals surface area contributed by atoms with Crippen molar-refractivity contribution in [3.8, 4) is 0 Å². The van der Waals surface area contributed by atoms with Crippen molar-refractivity contribution in [3.63, 3.8) is 0 Å². The Bertz CT molecular complexity index is 766. The highest BCUT2D eigenvalue weighted by Gasteiger charge is 2.51. The van der Waals surface area contributed by atoms with Crippen molar-refractivity contribution >= 4 is 22.0 Å². The van der Waals surface area contributed by atoms with Crippen LogP contribution in [0.5, 0.6) is 0 Å². The molecule has 0 aromatic heterocycles. The van der Waals surface area contributed by atoms with E-state index < -0.39 is 22.0 Å². The molecule has 2 aliphatic heterocycles. The summed E-state index contributed by atoms with van der Waals surface area (Å²) in [5.41, 5.74) is 0.289. The first-order valence-electron chi connectivity index (χ1n) is 9.76. The minimum absolute atomic E-state index is 0.00645. The minimum atomic E-state index is -3.24. The summed E-state index contributed by atoms with van der Waals surface area (Å²) in [7, 11) is -3.24. The molecule has 0 N–H and O–H groups in total. The molecule has 0 aromatic carbocycles. The van der Waals surface area contributed by atoms with Gasteiger partial charge in [0.2, 0.25) is 10.0 Å². The Morgan fingerprint density at radius 3 is 2.25 bits per heavy atom. The van der Waals surface area contributed by atoms with Crippen LogP contribution in [0.15, 0.2) is 12.2 Å². The van der Waals surface area contributed by atoms with E-state index >= 15 is 0 Å². The van der Waals surface area contributed by atoms with Gasteiger partial charge < -0.3 is 14.2 Å². The molecule has 4 rings (SSSR count). The van der Waals surface area contributed by atoms with E-state index in [1.54, 1.807) is 0 Å². The van der Waals surface area contributed by atoms with Crippen LogP contribution in [0, 0.1) is 17.3 Å². The number of ether oxygens (including phenoxy) is 3. The standard InChI is InChI=1S/C19H27NO7S/c1-12(5-16(21)26-15-6-19(7-15)10-25-11-19)18(22)27-17-13-3-4-14(17)9-20(8-13)28(2,23)24/h13-15,17H,1,3-11H2,2H3. The molecule has 0 amide bonds. The molecule has 0 aromatic rings. The Kier molecular flexibility index (Phi) is 5.04. The maximum Gasteiger partial charge on any atom is 0.334 e. The number of carbonyl (C=O) groups is 2. The largest absolute Gasteiger partial charge is 0.462 e. The van der Waals surface area contributed by atoms with E-state index in [0.29, 0.717) is 13.1 Å². The third kappa shape index (κ3) is 3.84. The molecular weight excluding hydrogens is 386 g/mol. The normalized spacial score (nSPS) is 31.7. The van der Waals surface area contributed by atoms with E-state index in [9.17, 15) is 18.0 Å². The van der Waals surface area contributed by atoms with Gasteiger partial charge in [0, 0.05) is 35.9 Å². The van der Waals surface area contributed by atoms with Crippen LogP contribution in [-0.2, 0) is 33.8 Å². The summed E-state index contributed by atoms with van der Waals surface area (Å²) in [5, 5.41) is 0. The van der Waals surface area contributed by atoms with Crippen molar-refractivity contribution in [1.82, 2.24) is 4.31 Å². The predicted octanol–water partition coefficient (Wildman–Crippen LogP) is 0.868. The van der Waals surface area contributed by atoms with Crippen molar-refractivity contribution in [2.75, 3.05) is 32.6 Å². The lowest BCUT2D eigenvalue weighted by molar-refractivity contribution is -0.211. The number of carbonyl (C=O) groups excluding carboxylic acids is 2. The van der Waals surface area contributed by atoms with Gasteiger partial charge in [-0.15, -0.1) is 0 Å². The van der Waals surface area contributed by atoms with Gasteiger partial charge >= 0.3 is 11.9 Å². The second kappa shape index (κ2) is 7.11. The number of esters is 2. The van der Waals surface area contributed by atoms with Crippen LogP contribution in [-0.4, -0.2) is 69.4 Å². The number of nitrogens with zero attached hydrogens (tertiary/aromatic N) is 1. The van der Waals surface area contributed by atoms with Gasteiger partial charge in [-0.25, -0.2) is 17.5 Å². The average molecular weight is 413 g/mol. The molecule has 8 nitrogen and oxygen atoms in total. The third-order valence-electron chi connectivity index (χ3n) is 6.51. The number of fused-ring (bicyclic) bond motifs is 2. The monoisotopic (exact) mass is 413 g/mol. The molecular formula is C19H27NO7S. The van der Waals surface area contributed by atoms with Crippen LogP contribution in [0.1, 0.15) is 32.1 Å². The SMILES string of the molecule is C=C(CC(=O)OC1CC2(COC2)C1)C(=O)OC1C2CCC1CN(S(C)(=O)=O)C2. The Morgan fingerprint density at radius 2 is 1.75 bits per heavy atom. The number of hydrogen-bond acceptors (Lipinski definition) is 7. The maximum absolute atomic E-state index is 12.4. The van der Waals surface area contributed by atoms with Gasteiger partial charge in [0.25, 0.3) is 0 Å². The number of hydrogen-bond donors (Lipinski definition) is 0. The summed E-state index contributed by atoms with van der Waals surface area (Å²) in [5.74, 6) is -1.07. The lowest BCUT2D eigenvalue weighted by atomic mass is 9.65. The average Bonchev–Trinajstić information content (AvgIpc) is 2.76. The Morgan fingerprint density at radius 1 is 1.14 bits per heavy atom. The summed E-state index contributed by atoms with van der Waals surface area (Å²) >= 11 is 0. The van der Waals surface area contributed by atoms with Gasteiger partial charge in [0.05, 0.1) is 25.9 Å². The first-order valence-corrected chi connectivity index (χ1v) is 11.6. The Hall–Kier alpha value is -1.45. The van der Waals surface area contributed by atoms with Crippen molar-refractivity contribution in [2.24, 2.45) is 17.3 Å². The molecule has 2 unspecified atom stereocenters. The quantitative estimate of drug-likeness (QED) is 0.470. The van der Waals surface area contributed by atoms with Gasteiger partial charge in [-0.1, -0.05) is 6.58 Å². The molecule has 2 atom stereocenters. The minimum Gasteiger partial charge on any atom is -0.462 e. The van der Waals surface area contributed by atoms with E-state index in [0.717, 1.165) is 38.9 Å². The second-order valence-corrected chi connectivity index (χ2v) is 10.8. The highest BCUT2D eigenvalue weighted by atomic mass is 32.2. The lowest BCUT2D eigenvalue weighted by Gasteiger charge is -2.52. The van der Waals surface area contributed by atoms with Crippen LogP contribution in [0.25, 0.3) is 0 Å². The summed E-state index contributed by atoms with van der Waals surface area (Å²) in [6, 6.07) is 0. The van der Waals surface area contributed by atoms with Crippen molar-refractivity contribution in [2.45, 2.75) is 44.3 Å². The van der Waals surface area contributed by atoms with Gasteiger partial charge in [0.1, 0.15) is 12.2 Å². The van der Waals surface area contributed by atoms with E-state index in [1.807, 2.05) is 0 Å². The van der Waals surface area contributed by atoms with Gasteiger partial charge in [0.15, 0.2) is 0 Å². The molecule has 2 saturated carbocycles. The highest BCUT2D eigenvalue weighted by Crippen LogP contribution is 2.48. The van der Waals surface area contributed by atoms with Crippen LogP contribution >= 0.6 is 0 Å². The van der Waals surface area contributed by atoms with Crippen molar-refractivity contribution in [3.05, 3.63) is 12.2 Å². The van der Waals surface area contributed by atoms with E-state index in [-0.39, 0.29) is 41.5 Å².